The number of aromatic nitrogens is 3. The number of hydrogen-bond acceptors (Lipinski definition) is 5. The van der Waals surface area contributed by atoms with Crippen LogP contribution in [0.4, 0.5) is 0 Å². The van der Waals surface area contributed by atoms with Gasteiger partial charge in [0.25, 0.3) is 0 Å². The molecule has 0 radical (unpaired) electrons. The Morgan fingerprint density at radius 1 is 1.21 bits per heavy atom. The Hall–Kier alpha value is -1.69. The van der Waals surface area contributed by atoms with Crippen molar-refractivity contribution in [3.05, 3.63) is 41.0 Å². The molecule has 0 aliphatic carbocycles. The Morgan fingerprint density at radius 3 is 2.48 bits per heavy atom. The van der Waals surface area contributed by atoms with Crippen LogP contribution >= 0.6 is 24.0 Å². The maximum atomic E-state index is 11.8. The van der Waals surface area contributed by atoms with Crippen LogP contribution in [-0.4, -0.2) is 41.9 Å². The summed E-state index contributed by atoms with van der Waals surface area (Å²) in [5, 5.41) is 14.8. The summed E-state index contributed by atoms with van der Waals surface area (Å²) in [6, 6.07) is 5.33. The Labute approximate surface area is 190 Å². The highest BCUT2D eigenvalue weighted by atomic mass is 127. The van der Waals surface area contributed by atoms with Crippen LogP contribution in [0.3, 0.4) is 0 Å². The van der Waals surface area contributed by atoms with Crippen LogP contribution < -0.4 is 10.6 Å². The van der Waals surface area contributed by atoms with Gasteiger partial charge in [0.1, 0.15) is 5.82 Å². The molecule has 10 heteroatoms. The van der Waals surface area contributed by atoms with Gasteiger partial charge in [0.15, 0.2) is 21.6 Å². The molecule has 1 aromatic carbocycles. The Balaban J connectivity index is 0.00000420. The summed E-state index contributed by atoms with van der Waals surface area (Å²) in [5.74, 6) is 2.38. The molecule has 0 saturated carbocycles. The van der Waals surface area contributed by atoms with Crippen molar-refractivity contribution in [2.75, 3.05) is 12.8 Å². The van der Waals surface area contributed by atoms with E-state index in [1.807, 2.05) is 30.7 Å². The number of benzene rings is 1. The van der Waals surface area contributed by atoms with Crippen LogP contribution in [0.1, 0.15) is 42.5 Å². The first-order valence-corrected chi connectivity index (χ1v) is 11.3. The van der Waals surface area contributed by atoms with Gasteiger partial charge in [0.2, 0.25) is 0 Å². The van der Waals surface area contributed by atoms with Crippen LogP contribution in [-0.2, 0) is 30.0 Å². The second-order valence-electron chi connectivity index (χ2n) is 6.89. The van der Waals surface area contributed by atoms with Crippen LogP contribution in [0, 0.1) is 13.8 Å². The van der Waals surface area contributed by atoms with E-state index in [2.05, 4.69) is 32.7 Å². The number of hydrogen-bond donors (Lipinski definition) is 2. The molecule has 29 heavy (non-hydrogen) atoms. The number of halogens is 1. The first-order valence-electron chi connectivity index (χ1n) is 9.39. The topological polar surface area (TPSA) is 101 Å². The fraction of sp³-hybridized carbons (Fsp3) is 0.526. The largest absolute Gasteiger partial charge is 0.356 e. The van der Waals surface area contributed by atoms with Crippen molar-refractivity contribution in [2.24, 2.45) is 12.0 Å². The molecule has 0 aliphatic heterocycles. The predicted octanol–water partition coefficient (Wildman–Crippen LogP) is 2.49. The van der Waals surface area contributed by atoms with Gasteiger partial charge in [-0.05, 0) is 37.5 Å². The zero-order valence-corrected chi connectivity index (χ0v) is 20.8. The van der Waals surface area contributed by atoms with Crippen molar-refractivity contribution in [3.63, 3.8) is 0 Å². The van der Waals surface area contributed by atoms with Crippen molar-refractivity contribution in [1.29, 1.82) is 0 Å². The maximum Gasteiger partial charge on any atom is 0.191 e. The highest BCUT2D eigenvalue weighted by Gasteiger charge is 2.11. The standard InChI is InChI=1S/C19H30N6O2S.HI/c1-6-7-10-20-19(22-13-18-24-23-15(3)25(18)4)21-12-16-8-9-17(14(2)11-16)28(5,26)27;/h8-9,11H,6-7,10,12-13H2,1-5H3,(H2,20,21,22);1H. The molecule has 0 amide bonds. The fourth-order valence-electron chi connectivity index (χ4n) is 2.72. The molecule has 0 fully saturated rings. The third-order valence-corrected chi connectivity index (χ3v) is 5.74. The molecule has 0 aliphatic rings. The zero-order chi connectivity index (χ0) is 20.7. The van der Waals surface area contributed by atoms with Crippen LogP contribution in [0.2, 0.25) is 0 Å². The SMILES string of the molecule is CCCCNC(=NCc1ccc(S(C)(=O)=O)c(C)c1)NCc1nnc(C)n1C.I. The molecular formula is C19H31IN6O2S. The minimum absolute atomic E-state index is 0. The number of nitrogens with zero attached hydrogens (tertiary/aromatic N) is 4. The smallest absolute Gasteiger partial charge is 0.191 e. The van der Waals surface area contributed by atoms with Gasteiger partial charge in [-0.15, -0.1) is 34.2 Å². The average Bonchev–Trinajstić information content (AvgIpc) is 2.94. The molecule has 0 bridgehead atoms. The maximum absolute atomic E-state index is 11.8. The first kappa shape index (κ1) is 25.3. The van der Waals surface area contributed by atoms with Crippen molar-refractivity contribution >= 4 is 39.8 Å². The van der Waals surface area contributed by atoms with Crippen LogP contribution in [0.15, 0.2) is 28.1 Å². The van der Waals surface area contributed by atoms with Crippen molar-refractivity contribution in [2.45, 2.75) is 51.6 Å². The van der Waals surface area contributed by atoms with E-state index in [9.17, 15) is 8.42 Å². The molecular weight excluding hydrogens is 503 g/mol. The summed E-state index contributed by atoms with van der Waals surface area (Å²) in [6.45, 7) is 7.64. The van der Waals surface area contributed by atoms with Crippen molar-refractivity contribution in [3.8, 4) is 0 Å². The van der Waals surface area contributed by atoms with Crippen molar-refractivity contribution in [1.82, 2.24) is 25.4 Å². The Bertz CT molecular complexity index is 940. The molecule has 1 heterocycles. The summed E-state index contributed by atoms with van der Waals surface area (Å²) in [6.07, 6.45) is 3.36. The summed E-state index contributed by atoms with van der Waals surface area (Å²) < 4.78 is 25.5. The minimum Gasteiger partial charge on any atom is -0.356 e. The number of sulfone groups is 1. The zero-order valence-electron chi connectivity index (χ0n) is 17.7. The fourth-order valence-corrected chi connectivity index (χ4v) is 3.68. The molecule has 2 rings (SSSR count). The molecule has 162 valence electrons. The van der Waals surface area contributed by atoms with Gasteiger partial charge in [-0.25, -0.2) is 13.4 Å². The van der Waals surface area contributed by atoms with Crippen LogP contribution in [0.5, 0.6) is 0 Å². The monoisotopic (exact) mass is 534 g/mol. The van der Waals surface area contributed by atoms with E-state index in [-0.39, 0.29) is 24.0 Å². The quantitative estimate of drug-likeness (QED) is 0.234. The van der Waals surface area contributed by atoms with E-state index in [1.165, 1.54) is 6.26 Å². The second kappa shape index (κ2) is 11.5. The second-order valence-corrected chi connectivity index (χ2v) is 8.88. The van der Waals surface area contributed by atoms with E-state index in [0.29, 0.717) is 23.9 Å². The number of unbranched alkanes of at least 4 members (excludes halogenated alkanes) is 1. The number of nitrogens with one attached hydrogen (secondary N) is 2. The molecule has 0 saturated heterocycles. The van der Waals surface area contributed by atoms with E-state index >= 15 is 0 Å². The molecule has 1 aromatic heterocycles. The molecule has 0 unspecified atom stereocenters. The van der Waals surface area contributed by atoms with E-state index in [4.69, 9.17) is 0 Å². The lowest BCUT2D eigenvalue weighted by molar-refractivity contribution is 0.601. The van der Waals surface area contributed by atoms with Crippen LogP contribution in [0.25, 0.3) is 0 Å². The van der Waals surface area contributed by atoms with Crippen molar-refractivity contribution < 1.29 is 8.42 Å². The third kappa shape index (κ3) is 7.57. The molecule has 0 spiro atoms. The van der Waals surface area contributed by atoms with Gasteiger partial charge in [0.05, 0.1) is 18.0 Å². The molecule has 8 nitrogen and oxygen atoms in total. The molecule has 2 N–H and O–H groups in total. The van der Waals surface area contributed by atoms with Gasteiger partial charge in [0, 0.05) is 19.8 Å². The normalized spacial score (nSPS) is 11.8. The molecule has 2 aromatic rings. The summed E-state index contributed by atoms with van der Waals surface area (Å²) >= 11 is 0. The lowest BCUT2D eigenvalue weighted by Gasteiger charge is -2.12. The van der Waals surface area contributed by atoms with E-state index < -0.39 is 9.84 Å². The van der Waals surface area contributed by atoms with E-state index in [0.717, 1.165) is 42.2 Å². The van der Waals surface area contributed by atoms with Gasteiger partial charge >= 0.3 is 0 Å². The number of guanidine groups is 1. The van der Waals surface area contributed by atoms with Gasteiger partial charge in [-0.2, -0.15) is 0 Å². The summed E-state index contributed by atoms with van der Waals surface area (Å²) in [7, 11) is -1.28. The summed E-state index contributed by atoms with van der Waals surface area (Å²) in [5.41, 5.74) is 1.69. The Kier molecular flexibility index (Phi) is 10.0. The van der Waals surface area contributed by atoms with Gasteiger partial charge in [-0.3, -0.25) is 0 Å². The average molecular weight is 534 g/mol. The third-order valence-electron chi connectivity index (χ3n) is 4.48. The Morgan fingerprint density at radius 2 is 1.93 bits per heavy atom. The predicted molar refractivity (Wildman–Crippen MR) is 126 cm³/mol. The van der Waals surface area contributed by atoms with E-state index in [1.54, 1.807) is 13.0 Å². The number of aliphatic imine (C=N–C) groups is 1. The lowest BCUT2D eigenvalue weighted by Crippen LogP contribution is -2.38. The summed E-state index contributed by atoms with van der Waals surface area (Å²) in [4.78, 5) is 5.00. The number of aryl methyl sites for hydroxylation is 2. The first-order chi connectivity index (χ1) is 13.2. The van der Waals surface area contributed by atoms with Gasteiger partial charge < -0.3 is 15.2 Å². The highest BCUT2D eigenvalue weighted by molar-refractivity contribution is 14.0. The lowest BCUT2D eigenvalue weighted by atomic mass is 10.1. The molecule has 0 atom stereocenters. The highest BCUT2D eigenvalue weighted by Crippen LogP contribution is 2.17. The van der Waals surface area contributed by atoms with Gasteiger partial charge in [-0.1, -0.05) is 25.5 Å². The minimum atomic E-state index is -3.21. The number of rotatable bonds is 8.